The van der Waals surface area contributed by atoms with E-state index in [4.69, 9.17) is 26.3 Å². The number of cyclic esters (lactones) is 1. The summed E-state index contributed by atoms with van der Waals surface area (Å²) in [6.07, 6.45) is 1.55. The largest absolute Gasteiger partial charge is 0.471 e. The van der Waals surface area contributed by atoms with Gasteiger partial charge >= 0.3 is 12.1 Å². The molecule has 34 heavy (non-hydrogen) atoms. The van der Waals surface area contributed by atoms with E-state index in [0.29, 0.717) is 23.1 Å². The number of benzene rings is 2. The molecule has 1 amide bonds. The van der Waals surface area contributed by atoms with Gasteiger partial charge in [-0.15, -0.1) is 0 Å². The highest BCUT2D eigenvalue weighted by atomic mass is 35.5. The van der Waals surface area contributed by atoms with E-state index in [2.05, 4.69) is 14.6 Å². The average Bonchev–Trinajstić information content (AvgIpc) is 3.46. The number of carbonyl (C=O) groups excluding carboxylic acids is 2. The Kier molecular flexibility index (Phi) is 8.10. The number of carbonyl (C=O) groups is 2. The predicted octanol–water partition coefficient (Wildman–Crippen LogP) is 3.45. The quantitative estimate of drug-likeness (QED) is 0.386. The summed E-state index contributed by atoms with van der Waals surface area (Å²) in [5.74, 6) is -0.496. The van der Waals surface area contributed by atoms with Gasteiger partial charge in [-0.05, 0) is 47.6 Å². The van der Waals surface area contributed by atoms with Crippen molar-refractivity contribution >= 4 is 39.2 Å². The summed E-state index contributed by atoms with van der Waals surface area (Å²) < 4.78 is 38.1. The lowest BCUT2D eigenvalue weighted by molar-refractivity contribution is -0.182. The lowest BCUT2D eigenvalue weighted by Crippen LogP contribution is -2.26. The van der Waals surface area contributed by atoms with Crippen molar-refractivity contribution in [3.8, 4) is 5.88 Å². The van der Waals surface area contributed by atoms with Gasteiger partial charge in [0.1, 0.15) is 12.9 Å². The zero-order chi connectivity index (χ0) is 24.7. The highest BCUT2D eigenvalue weighted by molar-refractivity contribution is 7.90. The lowest BCUT2D eigenvalue weighted by Gasteiger charge is -2.13. The topological polar surface area (TPSA) is 145 Å². The molecule has 0 saturated carbocycles. The Hall–Kier alpha value is -3.61. The van der Waals surface area contributed by atoms with Gasteiger partial charge in [-0.25, -0.2) is 18.0 Å². The fourth-order valence-electron chi connectivity index (χ4n) is 2.81. The van der Waals surface area contributed by atoms with Crippen molar-refractivity contribution in [2.45, 2.75) is 11.0 Å². The molecule has 1 fully saturated rings. The molecule has 1 atom stereocenters. The Bertz CT molecular complexity index is 1230. The van der Waals surface area contributed by atoms with Crippen molar-refractivity contribution in [1.82, 2.24) is 5.16 Å². The molecule has 13 heteroatoms. The van der Waals surface area contributed by atoms with E-state index in [1.54, 1.807) is 30.3 Å². The normalized spacial score (nSPS) is 15.2. The van der Waals surface area contributed by atoms with Crippen LogP contribution in [0.25, 0.3) is 0 Å². The third kappa shape index (κ3) is 6.70. The van der Waals surface area contributed by atoms with Gasteiger partial charge in [-0.1, -0.05) is 17.7 Å². The van der Waals surface area contributed by atoms with Crippen LogP contribution >= 0.6 is 11.6 Å². The number of ether oxygens (including phenoxy) is 2. The van der Waals surface area contributed by atoms with E-state index in [1.807, 2.05) is 0 Å². The number of hydrogen-bond acceptors (Lipinski definition) is 10. The van der Waals surface area contributed by atoms with E-state index in [1.165, 1.54) is 35.4 Å². The molecule has 1 aliphatic rings. The summed E-state index contributed by atoms with van der Waals surface area (Å²) in [5.41, 5.74) is 0.784. The van der Waals surface area contributed by atoms with E-state index in [9.17, 15) is 18.0 Å². The van der Waals surface area contributed by atoms with Crippen molar-refractivity contribution < 1.29 is 42.1 Å². The first-order chi connectivity index (χ1) is 16.2. The summed E-state index contributed by atoms with van der Waals surface area (Å²) in [6, 6.07) is 13.7. The fourth-order valence-corrected chi connectivity index (χ4v) is 3.64. The fraction of sp³-hybridized carbons (Fsp3) is 0.190. The minimum absolute atomic E-state index is 0.149. The van der Waals surface area contributed by atoms with Crippen LogP contribution in [0.15, 0.2) is 70.3 Å². The molecule has 0 aliphatic carbocycles. The maximum absolute atomic E-state index is 11.9. The average molecular weight is 511 g/mol. The van der Waals surface area contributed by atoms with Crippen LogP contribution in [0.5, 0.6) is 5.88 Å². The van der Waals surface area contributed by atoms with Gasteiger partial charge in [0, 0.05) is 23.0 Å². The number of aromatic nitrogens is 1. The van der Waals surface area contributed by atoms with Gasteiger partial charge in [0.25, 0.3) is 5.88 Å². The molecule has 0 radical (unpaired) electrons. The first-order valence-electron chi connectivity index (χ1n) is 9.60. The molecule has 0 unspecified atom stereocenters. The molecule has 3 aromatic rings. The Balaban J connectivity index is 0.000000248. The van der Waals surface area contributed by atoms with Crippen LogP contribution in [0, 0.1) is 0 Å². The molecule has 0 spiro atoms. The maximum Gasteiger partial charge on any atom is 0.414 e. The molecule has 0 bridgehead atoms. The SMILES string of the molecule is CS(=O)(=O)c1ccc(N2C[C@H](COc3ccon3)OC2=O)cc1.O=C(OO)c1cccc(Cl)c1. The molecule has 2 heterocycles. The number of hydrogen-bond donors (Lipinski definition) is 1. The van der Waals surface area contributed by atoms with E-state index < -0.39 is 28.0 Å². The van der Waals surface area contributed by atoms with Gasteiger partial charge in [-0.2, -0.15) is 5.26 Å². The van der Waals surface area contributed by atoms with Gasteiger partial charge in [0.15, 0.2) is 15.9 Å². The summed E-state index contributed by atoms with van der Waals surface area (Å²) in [7, 11) is -3.27. The van der Waals surface area contributed by atoms with E-state index in [0.717, 1.165) is 6.26 Å². The molecule has 180 valence electrons. The van der Waals surface area contributed by atoms with Crippen LogP contribution in [-0.2, 0) is 19.5 Å². The summed E-state index contributed by atoms with van der Waals surface area (Å²) >= 11 is 5.56. The molecular formula is C21H19ClN2O9S. The lowest BCUT2D eigenvalue weighted by atomic mass is 10.2. The Morgan fingerprint density at radius 3 is 2.56 bits per heavy atom. The van der Waals surface area contributed by atoms with Crippen molar-refractivity contribution in [3.63, 3.8) is 0 Å². The molecular weight excluding hydrogens is 492 g/mol. The monoisotopic (exact) mass is 510 g/mol. The zero-order valence-corrected chi connectivity index (χ0v) is 19.2. The van der Waals surface area contributed by atoms with Crippen LogP contribution in [0.2, 0.25) is 5.02 Å². The van der Waals surface area contributed by atoms with Crippen LogP contribution in [-0.4, -0.2) is 56.4 Å². The Labute approximate surface area is 199 Å². The molecule has 1 aromatic heterocycles. The number of amides is 1. The number of halogens is 1. The third-order valence-electron chi connectivity index (χ3n) is 4.43. The highest BCUT2D eigenvalue weighted by Gasteiger charge is 2.33. The van der Waals surface area contributed by atoms with E-state index >= 15 is 0 Å². The van der Waals surface area contributed by atoms with Crippen molar-refractivity contribution in [3.05, 3.63) is 71.4 Å². The number of sulfone groups is 1. The first kappa shape index (κ1) is 25.0. The van der Waals surface area contributed by atoms with Crippen molar-refractivity contribution in [2.75, 3.05) is 24.3 Å². The highest BCUT2D eigenvalue weighted by Crippen LogP contribution is 2.23. The van der Waals surface area contributed by atoms with Crippen molar-refractivity contribution in [2.24, 2.45) is 0 Å². The number of anilines is 1. The minimum atomic E-state index is -3.27. The second kappa shape index (κ2) is 11.0. The summed E-state index contributed by atoms with van der Waals surface area (Å²) in [4.78, 5) is 27.7. The molecule has 2 aromatic carbocycles. The second-order valence-electron chi connectivity index (χ2n) is 6.92. The molecule has 1 aliphatic heterocycles. The zero-order valence-electron chi connectivity index (χ0n) is 17.7. The standard InChI is InChI=1S/C14H14N2O6S.C7H5ClO3/c1-23(18,19)12-4-2-10(3-5-12)16-8-11(22-14(16)17)9-20-13-6-7-21-15-13;8-6-3-1-2-5(4-6)7(9)11-10/h2-7,11H,8-9H2,1H3;1-4,10H/t11-;/m1./s1. The van der Waals surface area contributed by atoms with Gasteiger partial charge < -0.3 is 14.0 Å². The second-order valence-corrected chi connectivity index (χ2v) is 9.37. The molecule has 1 saturated heterocycles. The van der Waals surface area contributed by atoms with Gasteiger partial charge in [0.05, 0.1) is 17.0 Å². The van der Waals surface area contributed by atoms with E-state index in [-0.39, 0.29) is 17.1 Å². The smallest absolute Gasteiger partial charge is 0.414 e. The number of rotatable bonds is 6. The summed E-state index contributed by atoms with van der Waals surface area (Å²) in [6.45, 7) is 0.450. The third-order valence-corrected chi connectivity index (χ3v) is 5.79. The van der Waals surface area contributed by atoms with Crippen LogP contribution < -0.4 is 9.64 Å². The molecule has 1 N–H and O–H groups in total. The first-order valence-corrected chi connectivity index (χ1v) is 11.9. The molecule has 4 rings (SSSR count). The number of nitrogens with zero attached hydrogens (tertiary/aromatic N) is 2. The Morgan fingerprint density at radius 2 is 1.97 bits per heavy atom. The van der Waals surface area contributed by atoms with Crippen LogP contribution in [0.3, 0.4) is 0 Å². The van der Waals surface area contributed by atoms with Crippen LogP contribution in [0.1, 0.15) is 10.4 Å². The van der Waals surface area contributed by atoms with Crippen LogP contribution in [0.4, 0.5) is 10.5 Å². The maximum atomic E-state index is 11.9. The summed E-state index contributed by atoms with van der Waals surface area (Å²) in [5, 5.41) is 12.0. The molecule has 11 nitrogen and oxygen atoms in total. The predicted molar refractivity (Wildman–Crippen MR) is 119 cm³/mol. The van der Waals surface area contributed by atoms with Gasteiger partial charge in [0.2, 0.25) is 0 Å². The van der Waals surface area contributed by atoms with Crippen molar-refractivity contribution in [1.29, 1.82) is 0 Å². The minimum Gasteiger partial charge on any atom is -0.471 e. The van der Waals surface area contributed by atoms with Gasteiger partial charge in [-0.3, -0.25) is 9.79 Å². The Morgan fingerprint density at radius 1 is 1.24 bits per heavy atom.